The predicted octanol–water partition coefficient (Wildman–Crippen LogP) is 3.18. The molecule has 0 saturated heterocycles. The second kappa shape index (κ2) is 10.1. The maximum Gasteiger partial charge on any atom is 0.254 e. The van der Waals surface area contributed by atoms with Crippen LogP contribution in [-0.4, -0.2) is 39.4 Å². The van der Waals surface area contributed by atoms with Crippen LogP contribution in [0, 0.1) is 5.82 Å². The van der Waals surface area contributed by atoms with Crippen molar-refractivity contribution in [3.05, 3.63) is 65.7 Å². The number of nitrogens with one attached hydrogen (secondary N) is 2. The smallest absolute Gasteiger partial charge is 0.254 e. The van der Waals surface area contributed by atoms with Crippen LogP contribution in [-0.2, 0) is 11.8 Å². The Morgan fingerprint density at radius 2 is 1.87 bits per heavy atom. The molecule has 0 fully saturated rings. The Labute approximate surface area is 183 Å². The Morgan fingerprint density at radius 1 is 1.16 bits per heavy atom. The second-order valence-corrected chi connectivity index (χ2v) is 7.58. The lowest BCUT2D eigenvalue weighted by Crippen LogP contribution is -2.29. The first-order valence-electron chi connectivity index (χ1n) is 9.40. The molecule has 0 saturated carbocycles. The second-order valence-electron chi connectivity index (χ2n) is 6.64. The SMILES string of the molecule is COc1ccc(NC(=O)CSc2nnc([C@@H](C)NC(=O)c3ccccc3F)n2C)cc1. The number of amides is 2. The molecule has 0 aliphatic rings. The largest absolute Gasteiger partial charge is 0.497 e. The van der Waals surface area contributed by atoms with E-state index in [-0.39, 0.29) is 17.2 Å². The monoisotopic (exact) mass is 443 g/mol. The average molecular weight is 444 g/mol. The van der Waals surface area contributed by atoms with E-state index >= 15 is 0 Å². The molecule has 2 N–H and O–H groups in total. The quantitative estimate of drug-likeness (QED) is 0.519. The number of rotatable bonds is 8. The summed E-state index contributed by atoms with van der Waals surface area (Å²) in [5.74, 6) is -0.00179. The lowest BCUT2D eigenvalue weighted by Gasteiger charge is -2.14. The van der Waals surface area contributed by atoms with Gasteiger partial charge in [-0.2, -0.15) is 0 Å². The highest BCUT2D eigenvalue weighted by Gasteiger charge is 2.20. The molecule has 2 aromatic carbocycles. The van der Waals surface area contributed by atoms with E-state index in [0.29, 0.717) is 22.4 Å². The first-order valence-corrected chi connectivity index (χ1v) is 10.4. The molecule has 2 amide bonds. The van der Waals surface area contributed by atoms with Crippen LogP contribution in [0.3, 0.4) is 0 Å². The summed E-state index contributed by atoms with van der Waals surface area (Å²) in [6.07, 6.45) is 0. The number of methoxy groups -OCH3 is 1. The molecule has 1 aromatic heterocycles. The molecule has 0 bridgehead atoms. The summed E-state index contributed by atoms with van der Waals surface area (Å²) in [5.41, 5.74) is 0.621. The van der Waals surface area contributed by atoms with E-state index in [4.69, 9.17) is 4.74 Å². The number of ether oxygens (including phenoxy) is 1. The minimum atomic E-state index is -0.593. The number of halogens is 1. The fourth-order valence-electron chi connectivity index (χ4n) is 2.81. The molecular formula is C21H22FN5O3S. The van der Waals surface area contributed by atoms with Crippen LogP contribution in [0.1, 0.15) is 29.1 Å². The number of hydrogen-bond acceptors (Lipinski definition) is 6. The summed E-state index contributed by atoms with van der Waals surface area (Å²) in [6, 6.07) is 12.3. The highest BCUT2D eigenvalue weighted by Crippen LogP contribution is 2.21. The van der Waals surface area contributed by atoms with Gasteiger partial charge in [0.2, 0.25) is 5.91 Å². The molecule has 0 aliphatic carbocycles. The number of aromatic nitrogens is 3. The van der Waals surface area contributed by atoms with E-state index in [1.807, 2.05) is 0 Å². The maximum absolute atomic E-state index is 13.8. The van der Waals surface area contributed by atoms with Gasteiger partial charge in [0.1, 0.15) is 11.6 Å². The molecule has 1 heterocycles. The van der Waals surface area contributed by atoms with Gasteiger partial charge < -0.3 is 19.9 Å². The molecule has 0 spiro atoms. The van der Waals surface area contributed by atoms with Crippen molar-refractivity contribution >= 4 is 29.3 Å². The summed E-state index contributed by atoms with van der Waals surface area (Å²) in [7, 11) is 3.32. The molecule has 0 unspecified atom stereocenters. The van der Waals surface area contributed by atoms with Crippen LogP contribution >= 0.6 is 11.8 Å². The van der Waals surface area contributed by atoms with Crippen LogP contribution in [0.25, 0.3) is 0 Å². The van der Waals surface area contributed by atoms with Gasteiger partial charge in [-0.15, -0.1) is 10.2 Å². The number of thioether (sulfide) groups is 1. The van der Waals surface area contributed by atoms with Crippen LogP contribution < -0.4 is 15.4 Å². The van der Waals surface area contributed by atoms with Crippen molar-refractivity contribution in [1.82, 2.24) is 20.1 Å². The average Bonchev–Trinajstić information content (AvgIpc) is 3.13. The van der Waals surface area contributed by atoms with Crippen molar-refractivity contribution in [3.8, 4) is 5.75 Å². The molecule has 1 atom stereocenters. The Hall–Kier alpha value is -3.40. The lowest BCUT2D eigenvalue weighted by atomic mass is 10.2. The Bertz CT molecular complexity index is 1070. The van der Waals surface area contributed by atoms with E-state index in [9.17, 15) is 14.0 Å². The van der Waals surface area contributed by atoms with Gasteiger partial charge in [-0.3, -0.25) is 9.59 Å². The molecule has 10 heteroatoms. The molecule has 3 rings (SSSR count). The van der Waals surface area contributed by atoms with Crippen molar-refractivity contribution < 1.29 is 18.7 Å². The standard InChI is InChI=1S/C21H22FN5O3S/c1-13(23-20(29)16-6-4-5-7-17(16)22)19-25-26-21(27(19)2)31-12-18(28)24-14-8-10-15(30-3)11-9-14/h4-11,13H,12H2,1-3H3,(H,23,29)(H,24,28)/t13-/m1/s1. The summed E-state index contributed by atoms with van der Waals surface area (Å²) in [4.78, 5) is 24.5. The molecule has 31 heavy (non-hydrogen) atoms. The van der Waals surface area contributed by atoms with Gasteiger partial charge >= 0.3 is 0 Å². The highest BCUT2D eigenvalue weighted by atomic mass is 32.2. The van der Waals surface area contributed by atoms with Crippen molar-refractivity contribution in [2.75, 3.05) is 18.2 Å². The van der Waals surface area contributed by atoms with E-state index < -0.39 is 17.8 Å². The van der Waals surface area contributed by atoms with Gasteiger partial charge in [0.25, 0.3) is 5.91 Å². The van der Waals surface area contributed by atoms with E-state index in [2.05, 4.69) is 20.8 Å². The van der Waals surface area contributed by atoms with Gasteiger partial charge in [0.15, 0.2) is 11.0 Å². The maximum atomic E-state index is 13.8. The summed E-state index contributed by atoms with van der Waals surface area (Å²) >= 11 is 1.22. The third kappa shape index (κ3) is 5.60. The molecule has 0 radical (unpaired) electrons. The summed E-state index contributed by atoms with van der Waals surface area (Å²) in [5, 5.41) is 14.2. The summed E-state index contributed by atoms with van der Waals surface area (Å²) in [6.45, 7) is 1.73. The molecular weight excluding hydrogens is 421 g/mol. The first-order chi connectivity index (χ1) is 14.9. The number of nitrogens with zero attached hydrogens (tertiary/aromatic N) is 3. The number of carbonyl (C=O) groups excluding carboxylic acids is 2. The molecule has 0 aliphatic heterocycles. The minimum absolute atomic E-state index is 0.0404. The van der Waals surface area contributed by atoms with Crippen molar-refractivity contribution in [2.45, 2.75) is 18.1 Å². The third-order valence-corrected chi connectivity index (χ3v) is 5.45. The zero-order valence-corrected chi connectivity index (χ0v) is 18.1. The lowest BCUT2D eigenvalue weighted by molar-refractivity contribution is -0.113. The van der Waals surface area contributed by atoms with Gasteiger partial charge in [0.05, 0.1) is 24.5 Å². The molecule has 162 valence electrons. The van der Waals surface area contributed by atoms with Gasteiger partial charge in [-0.1, -0.05) is 23.9 Å². The van der Waals surface area contributed by atoms with Crippen LogP contribution in [0.5, 0.6) is 5.75 Å². The first kappa shape index (κ1) is 22.3. The number of benzene rings is 2. The van der Waals surface area contributed by atoms with Crippen LogP contribution in [0.15, 0.2) is 53.7 Å². The zero-order valence-electron chi connectivity index (χ0n) is 17.3. The van der Waals surface area contributed by atoms with Gasteiger partial charge in [0, 0.05) is 12.7 Å². The Kier molecular flexibility index (Phi) is 7.24. The fourth-order valence-corrected chi connectivity index (χ4v) is 3.53. The molecule has 8 nitrogen and oxygen atoms in total. The predicted molar refractivity (Wildman–Crippen MR) is 116 cm³/mol. The van der Waals surface area contributed by atoms with Gasteiger partial charge in [-0.25, -0.2) is 4.39 Å². The Balaban J connectivity index is 1.57. The van der Waals surface area contributed by atoms with Crippen LogP contribution in [0.4, 0.5) is 10.1 Å². The van der Waals surface area contributed by atoms with E-state index in [1.165, 1.54) is 30.0 Å². The fraction of sp³-hybridized carbons (Fsp3) is 0.238. The molecule has 3 aromatic rings. The van der Waals surface area contributed by atoms with Crippen molar-refractivity contribution in [3.63, 3.8) is 0 Å². The number of anilines is 1. The highest BCUT2D eigenvalue weighted by molar-refractivity contribution is 7.99. The third-order valence-electron chi connectivity index (χ3n) is 4.43. The zero-order chi connectivity index (χ0) is 22.4. The number of carbonyl (C=O) groups is 2. The topological polar surface area (TPSA) is 98.1 Å². The van der Waals surface area contributed by atoms with E-state index in [0.717, 1.165) is 0 Å². The van der Waals surface area contributed by atoms with Gasteiger partial charge in [-0.05, 0) is 43.3 Å². The summed E-state index contributed by atoms with van der Waals surface area (Å²) < 4.78 is 20.6. The van der Waals surface area contributed by atoms with Crippen LogP contribution in [0.2, 0.25) is 0 Å². The van der Waals surface area contributed by atoms with E-state index in [1.54, 1.807) is 56.0 Å². The van der Waals surface area contributed by atoms with Crippen molar-refractivity contribution in [2.24, 2.45) is 7.05 Å². The normalized spacial score (nSPS) is 11.6. The number of hydrogen-bond donors (Lipinski definition) is 2. The Morgan fingerprint density at radius 3 is 2.55 bits per heavy atom. The minimum Gasteiger partial charge on any atom is -0.497 e. The van der Waals surface area contributed by atoms with Crippen molar-refractivity contribution in [1.29, 1.82) is 0 Å².